The van der Waals surface area contributed by atoms with Gasteiger partial charge in [-0.3, -0.25) is 33.6 Å². The lowest BCUT2D eigenvalue weighted by Gasteiger charge is -2.35. The van der Waals surface area contributed by atoms with Crippen LogP contribution in [0.25, 0.3) is 0 Å². The molecule has 18 nitrogen and oxygen atoms in total. The molecule has 3 rings (SSSR count). The number of aromatic hydroxyl groups is 3. The van der Waals surface area contributed by atoms with Gasteiger partial charge in [-0.2, -0.15) is 0 Å². The van der Waals surface area contributed by atoms with E-state index in [0.717, 1.165) is 0 Å². The summed E-state index contributed by atoms with van der Waals surface area (Å²) in [5.41, 5.74) is -0.977. The highest BCUT2D eigenvalue weighted by molar-refractivity contribution is 7.78. The molecule has 0 aliphatic rings. The van der Waals surface area contributed by atoms with Crippen molar-refractivity contribution in [1.29, 1.82) is 0 Å². The first kappa shape index (κ1) is 45.3. The van der Waals surface area contributed by atoms with Crippen LogP contribution in [0.15, 0.2) is 37.6 Å². The van der Waals surface area contributed by atoms with Crippen LogP contribution < -0.4 is 37.6 Å². The monoisotopic (exact) mass is 810 g/mol. The molecule has 57 heavy (non-hydrogen) atoms. The molecule has 3 aromatic heterocycles. The maximum absolute atomic E-state index is 13.3. The summed E-state index contributed by atoms with van der Waals surface area (Å²) < 4.78 is 4.68. The van der Waals surface area contributed by atoms with Gasteiger partial charge < -0.3 is 50.3 Å². The number of amides is 4. The van der Waals surface area contributed by atoms with Crippen LogP contribution in [0.3, 0.4) is 0 Å². The van der Waals surface area contributed by atoms with E-state index in [1.165, 1.54) is 18.2 Å². The summed E-state index contributed by atoms with van der Waals surface area (Å²) in [6.45, 7) is 4.43. The van der Waals surface area contributed by atoms with E-state index in [4.69, 9.17) is 0 Å². The average molecular weight is 811 g/mol. The molecule has 7 N–H and O–H groups in total. The van der Waals surface area contributed by atoms with Crippen molar-refractivity contribution in [2.24, 2.45) is 26.1 Å². The van der Waals surface area contributed by atoms with Gasteiger partial charge in [-0.1, -0.05) is 0 Å². The number of carbonyl (C=O) groups excluding carboxylic acids is 4. The molecule has 4 amide bonds. The van der Waals surface area contributed by atoms with E-state index in [1.807, 2.05) is 0 Å². The summed E-state index contributed by atoms with van der Waals surface area (Å²) in [6.07, 6.45) is -0.998. The predicted molar refractivity (Wildman–Crippen MR) is 213 cm³/mol. The highest BCUT2D eigenvalue weighted by atomic mass is 32.1. The van der Waals surface area contributed by atoms with Crippen LogP contribution in [0.2, 0.25) is 0 Å². The highest BCUT2D eigenvalue weighted by Crippen LogP contribution is 2.27. The lowest BCUT2D eigenvalue weighted by Crippen LogP contribution is -2.50. The van der Waals surface area contributed by atoms with Gasteiger partial charge in [-0.05, 0) is 52.3 Å². The van der Waals surface area contributed by atoms with Crippen LogP contribution in [0.4, 0.5) is 0 Å². The van der Waals surface area contributed by atoms with Crippen molar-refractivity contribution in [3.8, 4) is 17.2 Å². The fourth-order valence-corrected chi connectivity index (χ4v) is 6.30. The van der Waals surface area contributed by atoms with E-state index >= 15 is 0 Å². The maximum atomic E-state index is 13.3. The van der Waals surface area contributed by atoms with Crippen molar-refractivity contribution in [1.82, 2.24) is 35.0 Å². The highest BCUT2D eigenvalue weighted by Gasteiger charge is 2.34. The Hall–Kier alpha value is -6.07. The molecule has 308 valence electrons. The predicted octanol–water partition coefficient (Wildman–Crippen LogP) is 0.762. The molecule has 0 bridgehead atoms. The van der Waals surface area contributed by atoms with Crippen LogP contribution in [-0.2, 0) is 60.0 Å². The van der Waals surface area contributed by atoms with Gasteiger partial charge in [0.1, 0.15) is 0 Å². The number of aliphatic imine (C=N–C) groups is 1. The molecule has 0 atom stereocenters. The van der Waals surface area contributed by atoms with Gasteiger partial charge in [0.15, 0.2) is 17.2 Å². The zero-order valence-electron chi connectivity index (χ0n) is 32.9. The van der Waals surface area contributed by atoms with E-state index in [0.29, 0.717) is 17.1 Å². The minimum Gasteiger partial charge on any atom is -0.503 e. The Balaban J connectivity index is 1.89. The lowest BCUT2D eigenvalue weighted by molar-refractivity contribution is -0.127. The molecule has 0 aromatic carbocycles. The zero-order chi connectivity index (χ0) is 42.6. The number of thiocarbonyl (C=S) groups is 1. The summed E-state index contributed by atoms with van der Waals surface area (Å²) in [5, 5.41) is 44.2. The number of nitrogens with zero attached hydrogens (tertiary/aromatic N) is 4. The first-order valence-electron chi connectivity index (χ1n) is 18.1. The minimum atomic E-state index is -1.35. The summed E-state index contributed by atoms with van der Waals surface area (Å²) in [4.78, 5) is 93.5. The number of nitrogens with one attached hydrogen (secondary N) is 4. The van der Waals surface area contributed by atoms with Gasteiger partial charge in [-0.15, -0.1) is 0 Å². The number of isothiocyanates is 1. The summed E-state index contributed by atoms with van der Waals surface area (Å²) in [6, 6.07) is 3.78. The maximum Gasteiger partial charge on any atom is 0.223 e. The van der Waals surface area contributed by atoms with E-state index in [-0.39, 0.29) is 88.2 Å². The molecule has 3 heterocycles. The van der Waals surface area contributed by atoms with Crippen LogP contribution in [0.1, 0.15) is 79.1 Å². The van der Waals surface area contributed by atoms with Gasteiger partial charge in [-0.25, -0.2) is 4.99 Å². The second-order valence-corrected chi connectivity index (χ2v) is 14.1. The Morgan fingerprint density at radius 3 is 1.23 bits per heavy atom. The van der Waals surface area contributed by atoms with E-state index in [9.17, 15) is 48.9 Å². The number of aromatic nitrogens is 3. The van der Waals surface area contributed by atoms with Crippen LogP contribution >= 0.6 is 12.2 Å². The van der Waals surface area contributed by atoms with Gasteiger partial charge in [0, 0.05) is 87.6 Å². The zero-order valence-corrected chi connectivity index (χ0v) is 33.7. The summed E-state index contributed by atoms with van der Waals surface area (Å²) >= 11 is 4.61. The fraction of sp³-hybridized carbons (Fsp3) is 0.474. The number of hydrogen-bond donors (Lipinski definition) is 7. The Kier molecular flexibility index (Phi) is 16.1. The third kappa shape index (κ3) is 12.2. The average Bonchev–Trinajstić information content (AvgIpc) is 3.16. The Labute approximate surface area is 333 Å². The van der Waals surface area contributed by atoms with E-state index in [2.05, 4.69) is 43.6 Å². The molecule has 0 unspecified atom stereocenters. The number of carbonyl (C=O) groups is 4. The van der Waals surface area contributed by atoms with Gasteiger partial charge in [0.2, 0.25) is 39.9 Å². The molecule has 0 aliphatic heterocycles. The second-order valence-electron chi connectivity index (χ2n) is 13.9. The molecule has 0 fully saturated rings. The first-order valence-corrected chi connectivity index (χ1v) is 18.5. The quantitative estimate of drug-likeness (QED) is 0.0657. The van der Waals surface area contributed by atoms with Crippen molar-refractivity contribution < 1.29 is 34.5 Å². The standard InChI is InChI=1S/C38H50N8O10S/c1-22-15-28(47)35(54)25(44(22)4)18-40-31(50)7-11-38(43-34(53)10-14-39-21-57,12-8-32(51)41-19-26-36(55)29(48)16-23(2)45(26)5)13-9-33(52)42-20-27-37(56)30(49)17-24(3)46(27)6/h15-17,54-56H,7-14,18-20H2,1-6H3,(H,40,50)(H,41,51)(H,42,52)(H,43,53). The summed E-state index contributed by atoms with van der Waals surface area (Å²) in [5.74, 6) is -3.62. The molecule has 3 aromatic rings. The van der Waals surface area contributed by atoms with Gasteiger partial charge >= 0.3 is 0 Å². The smallest absolute Gasteiger partial charge is 0.223 e. The van der Waals surface area contributed by atoms with Gasteiger partial charge in [0.25, 0.3) is 0 Å². The van der Waals surface area contributed by atoms with Crippen molar-refractivity contribution in [2.45, 2.75) is 90.9 Å². The van der Waals surface area contributed by atoms with Gasteiger partial charge in [0.05, 0.1) is 48.4 Å². The van der Waals surface area contributed by atoms with Crippen LogP contribution in [0, 0.1) is 20.8 Å². The molecule has 0 radical (unpaired) electrons. The first-order chi connectivity index (χ1) is 26.8. The van der Waals surface area contributed by atoms with Crippen molar-refractivity contribution in [2.75, 3.05) is 6.54 Å². The Morgan fingerprint density at radius 2 is 0.930 bits per heavy atom. The van der Waals surface area contributed by atoms with Crippen molar-refractivity contribution in [3.05, 3.63) is 83.0 Å². The second kappa shape index (κ2) is 20.2. The minimum absolute atomic E-state index is 0.00296. The molecule has 0 saturated heterocycles. The largest absolute Gasteiger partial charge is 0.503 e. The third-order valence-corrected chi connectivity index (χ3v) is 10.2. The number of aryl methyl sites for hydroxylation is 3. The lowest BCUT2D eigenvalue weighted by atomic mass is 9.83. The van der Waals surface area contributed by atoms with E-state index < -0.39 is 62.7 Å². The molecule has 0 spiro atoms. The van der Waals surface area contributed by atoms with Crippen molar-refractivity contribution in [3.63, 3.8) is 0 Å². The molecule has 0 saturated carbocycles. The summed E-state index contributed by atoms with van der Waals surface area (Å²) in [7, 11) is 4.88. The topological polar surface area (TPSA) is 255 Å². The van der Waals surface area contributed by atoms with Crippen LogP contribution in [0.5, 0.6) is 17.2 Å². The third-order valence-electron chi connectivity index (χ3n) is 10.1. The molecular weight excluding hydrogens is 761 g/mol. The SMILES string of the molecule is Cc1cc(=O)c(O)c(CNC(=O)CCC(CCC(=O)NCc2c(O)c(=O)cc(C)n2C)(CCC(=O)NCc2c(O)c(=O)cc(C)n2C)NC(=O)CCN=C=S)n1C. The Morgan fingerprint density at radius 1 is 0.614 bits per heavy atom. The normalized spacial score (nSPS) is 11.1. The number of pyridine rings is 3. The number of rotatable bonds is 19. The van der Waals surface area contributed by atoms with Crippen LogP contribution in [-0.4, -0.2) is 69.9 Å². The molecule has 0 aliphatic carbocycles. The molecular formula is C38H50N8O10S. The number of hydrogen-bond acceptors (Lipinski definition) is 12. The fourth-order valence-electron chi connectivity index (χ4n) is 6.21. The Bertz CT molecular complexity index is 2040. The van der Waals surface area contributed by atoms with E-state index in [1.54, 1.807) is 55.6 Å². The molecule has 19 heteroatoms. The van der Waals surface area contributed by atoms with Crippen molar-refractivity contribution >= 4 is 41.0 Å².